The van der Waals surface area contributed by atoms with Gasteiger partial charge in [-0.05, 0) is 54.8 Å². The van der Waals surface area contributed by atoms with Gasteiger partial charge in [0.2, 0.25) is 0 Å². The number of Topliss-reactive ketones (excluding diaryl/α,β-unsaturated/α-hetero) is 1. The van der Waals surface area contributed by atoms with Crippen LogP contribution >= 0.6 is 0 Å². The van der Waals surface area contributed by atoms with Crippen LogP contribution in [-0.4, -0.2) is 34.1 Å². The van der Waals surface area contributed by atoms with E-state index < -0.39 is 23.7 Å². The van der Waals surface area contributed by atoms with Crippen molar-refractivity contribution in [2.24, 2.45) is 0 Å². The molecule has 0 aliphatic rings. The third kappa shape index (κ3) is 5.70. The van der Waals surface area contributed by atoms with Crippen molar-refractivity contribution in [3.8, 4) is 28.4 Å². The summed E-state index contributed by atoms with van der Waals surface area (Å²) >= 11 is 0. The Balaban J connectivity index is 1.41. The first-order chi connectivity index (χ1) is 19.8. The predicted molar refractivity (Wildman–Crippen MR) is 152 cm³/mol. The summed E-state index contributed by atoms with van der Waals surface area (Å²) in [7, 11) is 1.55. The largest absolute Gasteiger partial charge is 0.495 e. The fourth-order valence-electron chi connectivity index (χ4n) is 4.76. The van der Waals surface area contributed by atoms with Crippen LogP contribution in [0.25, 0.3) is 22.2 Å². The Morgan fingerprint density at radius 3 is 2.49 bits per heavy atom. The van der Waals surface area contributed by atoms with Gasteiger partial charge in [0.15, 0.2) is 17.0 Å². The van der Waals surface area contributed by atoms with Crippen molar-refractivity contribution < 1.29 is 23.0 Å². The number of hydrogen-bond donors (Lipinski definition) is 0. The molecule has 9 heteroatoms. The molecule has 0 N–H and O–H groups in total. The van der Waals surface area contributed by atoms with Crippen molar-refractivity contribution in [3.05, 3.63) is 112 Å². The molecule has 0 bridgehead atoms. The lowest BCUT2D eigenvalue weighted by atomic mass is 9.95. The molecular formula is C32H27F2N3O4. The van der Waals surface area contributed by atoms with Gasteiger partial charge in [-0.3, -0.25) is 14.6 Å². The number of carbonyl (C=O) groups is 1. The van der Waals surface area contributed by atoms with Crippen LogP contribution in [0.4, 0.5) is 8.78 Å². The van der Waals surface area contributed by atoms with E-state index >= 15 is 0 Å². The summed E-state index contributed by atoms with van der Waals surface area (Å²) in [5.41, 5.74) is 3.18. The van der Waals surface area contributed by atoms with Crippen LogP contribution in [0.2, 0.25) is 0 Å². The molecule has 0 amide bonds. The zero-order chi connectivity index (χ0) is 29.1. The molecule has 7 nitrogen and oxygen atoms in total. The van der Waals surface area contributed by atoms with Gasteiger partial charge in [-0.1, -0.05) is 18.2 Å². The first kappa shape index (κ1) is 27.6. The third-order valence-corrected chi connectivity index (χ3v) is 6.90. The second-order valence-corrected chi connectivity index (χ2v) is 9.57. The Labute approximate surface area is 235 Å². The first-order valence-corrected chi connectivity index (χ1v) is 12.9. The minimum Gasteiger partial charge on any atom is -0.495 e. The molecule has 5 rings (SSSR count). The molecule has 0 saturated heterocycles. The van der Waals surface area contributed by atoms with Crippen LogP contribution in [-0.2, 0) is 13.0 Å². The smallest absolute Gasteiger partial charge is 0.200 e. The van der Waals surface area contributed by atoms with Crippen molar-refractivity contribution in [1.82, 2.24) is 14.5 Å². The number of methoxy groups -OCH3 is 1. The summed E-state index contributed by atoms with van der Waals surface area (Å²) in [5.74, 6) is 0.789. The quantitative estimate of drug-likeness (QED) is 0.196. The number of rotatable bonds is 9. The molecule has 3 heterocycles. The van der Waals surface area contributed by atoms with Gasteiger partial charge in [0.05, 0.1) is 30.9 Å². The highest BCUT2D eigenvalue weighted by Crippen LogP contribution is 2.29. The summed E-state index contributed by atoms with van der Waals surface area (Å²) < 4.78 is 39.9. The highest BCUT2D eigenvalue weighted by atomic mass is 19.1. The number of aromatic nitrogens is 3. The van der Waals surface area contributed by atoms with Gasteiger partial charge in [0, 0.05) is 42.2 Å². The Bertz CT molecular complexity index is 1820. The number of carbonyl (C=O) groups excluding carboxylic acids is 1. The standard InChI is InChI=1S/C32H27F2N3O4/c1-19-14-22(34)6-9-25(19)30-20(2)37(13-11-33)18-26(32(30)39)28(38)15-21-4-7-23(8-5-21)41-29-10-12-35-27-16-24(40-3)17-36-31(27)29/h4-10,12,14,16-18H,11,13,15H2,1-3H3. The minimum absolute atomic E-state index is 0.0169. The molecule has 3 aromatic heterocycles. The average Bonchev–Trinajstić information content (AvgIpc) is 2.96. The van der Waals surface area contributed by atoms with E-state index in [0.29, 0.717) is 50.7 Å². The van der Waals surface area contributed by atoms with E-state index in [0.717, 1.165) is 0 Å². The lowest BCUT2D eigenvalue weighted by Gasteiger charge is -2.17. The van der Waals surface area contributed by atoms with Crippen molar-refractivity contribution >= 4 is 16.8 Å². The van der Waals surface area contributed by atoms with Crippen LogP contribution in [0.1, 0.15) is 27.2 Å². The lowest BCUT2D eigenvalue weighted by Crippen LogP contribution is -2.24. The SMILES string of the molecule is COc1cnc2c(Oc3ccc(CC(=O)c4cn(CCF)c(C)c(-c5ccc(F)cc5C)c4=O)cc3)ccnc2c1. The van der Waals surface area contributed by atoms with Gasteiger partial charge in [0.25, 0.3) is 0 Å². The van der Waals surface area contributed by atoms with Crippen LogP contribution in [0.5, 0.6) is 17.2 Å². The van der Waals surface area contributed by atoms with E-state index in [9.17, 15) is 18.4 Å². The molecule has 208 valence electrons. The summed E-state index contributed by atoms with van der Waals surface area (Å²) in [6, 6.07) is 14.5. The van der Waals surface area contributed by atoms with Gasteiger partial charge in [0.1, 0.15) is 29.5 Å². The van der Waals surface area contributed by atoms with Gasteiger partial charge >= 0.3 is 0 Å². The number of alkyl halides is 1. The Morgan fingerprint density at radius 2 is 1.78 bits per heavy atom. The number of nitrogens with zero attached hydrogens (tertiary/aromatic N) is 3. The van der Waals surface area contributed by atoms with Crippen LogP contribution in [0.3, 0.4) is 0 Å². The van der Waals surface area contributed by atoms with Crippen LogP contribution in [0, 0.1) is 19.7 Å². The van der Waals surface area contributed by atoms with Crippen LogP contribution in [0.15, 0.2) is 78.0 Å². The first-order valence-electron chi connectivity index (χ1n) is 12.9. The molecule has 41 heavy (non-hydrogen) atoms. The number of pyridine rings is 3. The summed E-state index contributed by atoms with van der Waals surface area (Å²) in [6.07, 6.45) is 4.57. The second kappa shape index (κ2) is 11.7. The zero-order valence-corrected chi connectivity index (χ0v) is 22.8. The normalized spacial score (nSPS) is 11.0. The Morgan fingerprint density at radius 1 is 1.00 bits per heavy atom. The Hall–Kier alpha value is -4.92. The molecule has 5 aromatic rings. The van der Waals surface area contributed by atoms with E-state index in [1.54, 1.807) is 74.3 Å². The molecule has 0 aliphatic heterocycles. The molecule has 0 spiro atoms. The van der Waals surface area contributed by atoms with E-state index in [-0.39, 0.29) is 24.1 Å². The zero-order valence-electron chi connectivity index (χ0n) is 22.8. The van der Waals surface area contributed by atoms with E-state index in [2.05, 4.69) is 9.97 Å². The fourth-order valence-corrected chi connectivity index (χ4v) is 4.76. The number of benzene rings is 2. The second-order valence-electron chi connectivity index (χ2n) is 9.57. The van der Waals surface area contributed by atoms with Gasteiger partial charge < -0.3 is 14.0 Å². The highest BCUT2D eigenvalue weighted by molar-refractivity contribution is 5.98. The number of halogens is 2. The average molecular weight is 556 g/mol. The third-order valence-electron chi connectivity index (χ3n) is 6.90. The van der Waals surface area contributed by atoms with Gasteiger partial charge in [-0.2, -0.15) is 0 Å². The molecule has 0 atom stereocenters. The maximum atomic E-state index is 13.8. The van der Waals surface area contributed by atoms with Gasteiger partial charge in [-0.25, -0.2) is 13.8 Å². The summed E-state index contributed by atoms with van der Waals surface area (Å²) in [4.78, 5) is 35.6. The molecule has 0 unspecified atom stereocenters. The van der Waals surface area contributed by atoms with Crippen molar-refractivity contribution in [2.75, 3.05) is 13.8 Å². The van der Waals surface area contributed by atoms with E-state index in [1.165, 1.54) is 24.4 Å². The molecule has 0 fully saturated rings. The molecule has 2 aromatic carbocycles. The highest BCUT2D eigenvalue weighted by Gasteiger charge is 2.21. The molecule has 0 aliphatic carbocycles. The number of ketones is 1. The fraction of sp³-hybridized carbons (Fsp3) is 0.188. The molecule has 0 saturated carbocycles. The van der Waals surface area contributed by atoms with Gasteiger partial charge in [-0.15, -0.1) is 0 Å². The van der Waals surface area contributed by atoms with E-state index in [1.807, 2.05) is 0 Å². The lowest BCUT2D eigenvalue weighted by molar-refractivity contribution is 0.0991. The summed E-state index contributed by atoms with van der Waals surface area (Å²) in [6.45, 7) is 2.70. The molecular weight excluding hydrogens is 528 g/mol. The van der Waals surface area contributed by atoms with Crippen molar-refractivity contribution in [2.45, 2.75) is 26.8 Å². The maximum absolute atomic E-state index is 13.8. The monoisotopic (exact) mass is 555 g/mol. The number of aryl methyl sites for hydroxylation is 2. The number of ether oxygens (including phenoxy) is 2. The van der Waals surface area contributed by atoms with Crippen molar-refractivity contribution in [3.63, 3.8) is 0 Å². The summed E-state index contributed by atoms with van der Waals surface area (Å²) in [5, 5.41) is 0. The Kier molecular flexibility index (Phi) is 7.87. The topological polar surface area (TPSA) is 83.3 Å². The number of fused-ring (bicyclic) bond motifs is 1. The molecule has 0 radical (unpaired) electrons. The predicted octanol–water partition coefficient (Wildman–Crippen LogP) is 6.41. The minimum atomic E-state index is -0.670. The number of hydrogen-bond acceptors (Lipinski definition) is 6. The van der Waals surface area contributed by atoms with Crippen LogP contribution < -0.4 is 14.9 Å². The van der Waals surface area contributed by atoms with Crippen molar-refractivity contribution in [1.29, 1.82) is 0 Å². The van der Waals surface area contributed by atoms with E-state index in [4.69, 9.17) is 9.47 Å². The maximum Gasteiger partial charge on any atom is 0.200 e.